The van der Waals surface area contributed by atoms with Gasteiger partial charge in [-0.05, 0) is 48.9 Å². The van der Waals surface area contributed by atoms with Gasteiger partial charge in [-0.1, -0.05) is 49.3 Å². The molecule has 0 bridgehead atoms. The molecule has 1 heterocycles. The minimum Gasteiger partial charge on any atom is -0.312 e. The number of allylic oxidation sites excluding steroid dienone is 1. The highest BCUT2D eigenvalue weighted by atomic mass is 35.5. The molecule has 0 aliphatic carbocycles. The number of aromatic nitrogens is 1. The number of carbonyl (C=O) groups is 1. The van der Waals surface area contributed by atoms with Crippen LogP contribution in [0.25, 0.3) is 10.2 Å². The van der Waals surface area contributed by atoms with Crippen molar-refractivity contribution in [1.82, 2.24) is 8.87 Å². The molecule has 0 unspecified atom stereocenters. The summed E-state index contributed by atoms with van der Waals surface area (Å²) in [5, 5.41) is 0.610. The number of amides is 1. The number of hydrogen-bond acceptors (Lipinski definition) is 4. The third-order valence-corrected chi connectivity index (χ3v) is 8.27. The number of carbonyl (C=O) groups excluding carboxylic acids is 1. The van der Waals surface area contributed by atoms with Crippen molar-refractivity contribution in [2.75, 3.05) is 13.1 Å². The third kappa shape index (κ3) is 5.20. The van der Waals surface area contributed by atoms with E-state index in [9.17, 15) is 13.2 Å². The number of fused-ring (bicyclic) bond motifs is 1. The molecule has 1 aromatic heterocycles. The second-order valence-corrected chi connectivity index (χ2v) is 10.6. The van der Waals surface area contributed by atoms with Gasteiger partial charge in [0.05, 0.1) is 15.1 Å². The number of unbranched alkanes of at least 4 members (excludes halogenated alkanes) is 1. The van der Waals surface area contributed by atoms with Crippen LogP contribution in [0, 0.1) is 0 Å². The number of nitrogens with zero attached hydrogens (tertiary/aromatic N) is 3. The molecule has 9 heteroatoms. The summed E-state index contributed by atoms with van der Waals surface area (Å²) in [5.41, 5.74) is 1.24. The zero-order chi connectivity index (χ0) is 23.3. The topological polar surface area (TPSA) is 71.7 Å². The van der Waals surface area contributed by atoms with Crippen LogP contribution < -0.4 is 4.80 Å². The van der Waals surface area contributed by atoms with E-state index in [4.69, 9.17) is 11.6 Å². The zero-order valence-electron chi connectivity index (χ0n) is 18.1. The van der Waals surface area contributed by atoms with Gasteiger partial charge in [-0.3, -0.25) is 4.79 Å². The first-order chi connectivity index (χ1) is 15.3. The highest BCUT2D eigenvalue weighted by Gasteiger charge is 2.22. The predicted octanol–water partition coefficient (Wildman–Crippen LogP) is 5.09. The standard InChI is InChI=1S/C23H26ClN3O3S2/c1-4-7-15-26(6-3)32(29,30)19-11-8-17(9-12-19)22(28)25-23-27(14-5-2)20-13-10-18(24)16-21(20)31-23/h5,8-13,16H,2,4,6-7,14-15H2,1,3H3. The van der Waals surface area contributed by atoms with Crippen molar-refractivity contribution in [2.45, 2.75) is 38.1 Å². The second-order valence-electron chi connectivity index (χ2n) is 7.19. The van der Waals surface area contributed by atoms with Gasteiger partial charge in [0.2, 0.25) is 10.0 Å². The van der Waals surface area contributed by atoms with Crippen LogP contribution in [-0.2, 0) is 16.6 Å². The van der Waals surface area contributed by atoms with Crippen LogP contribution in [0.15, 0.2) is 65.0 Å². The van der Waals surface area contributed by atoms with Crippen LogP contribution in [-0.4, -0.2) is 36.3 Å². The molecule has 0 aliphatic rings. The Morgan fingerprint density at radius 2 is 1.94 bits per heavy atom. The average Bonchev–Trinajstić information content (AvgIpc) is 3.10. The number of rotatable bonds is 9. The fourth-order valence-electron chi connectivity index (χ4n) is 3.29. The van der Waals surface area contributed by atoms with E-state index in [0.717, 1.165) is 23.1 Å². The fourth-order valence-corrected chi connectivity index (χ4v) is 6.09. The summed E-state index contributed by atoms with van der Waals surface area (Å²) in [7, 11) is -3.59. The maximum Gasteiger partial charge on any atom is 0.279 e. The van der Waals surface area contributed by atoms with E-state index in [2.05, 4.69) is 11.6 Å². The van der Waals surface area contributed by atoms with Crippen LogP contribution in [0.2, 0.25) is 5.02 Å². The largest absolute Gasteiger partial charge is 0.312 e. The smallest absolute Gasteiger partial charge is 0.279 e. The Labute approximate surface area is 197 Å². The molecule has 0 radical (unpaired) electrons. The molecule has 0 saturated carbocycles. The SMILES string of the molecule is C=CCn1c(=NC(=O)c2ccc(S(=O)(=O)N(CC)CCCC)cc2)sc2cc(Cl)ccc21. The summed E-state index contributed by atoms with van der Waals surface area (Å²) in [6, 6.07) is 11.5. The first-order valence-electron chi connectivity index (χ1n) is 10.4. The molecule has 0 aliphatic heterocycles. The Morgan fingerprint density at radius 1 is 1.22 bits per heavy atom. The molecule has 0 atom stereocenters. The van der Waals surface area contributed by atoms with Crippen molar-refractivity contribution in [1.29, 1.82) is 0 Å². The first-order valence-corrected chi connectivity index (χ1v) is 13.0. The van der Waals surface area contributed by atoms with E-state index in [1.165, 1.54) is 39.9 Å². The van der Waals surface area contributed by atoms with Crippen molar-refractivity contribution in [2.24, 2.45) is 4.99 Å². The molecule has 3 rings (SSSR count). The van der Waals surface area contributed by atoms with Gasteiger partial charge in [-0.25, -0.2) is 8.42 Å². The van der Waals surface area contributed by atoms with E-state index in [1.54, 1.807) is 12.1 Å². The number of halogens is 1. The van der Waals surface area contributed by atoms with Gasteiger partial charge < -0.3 is 4.57 Å². The van der Waals surface area contributed by atoms with Crippen LogP contribution >= 0.6 is 22.9 Å². The summed E-state index contributed by atoms with van der Waals surface area (Å²) in [5.74, 6) is -0.442. The second kappa shape index (κ2) is 10.6. The molecule has 0 spiro atoms. The number of benzene rings is 2. The molecular weight excluding hydrogens is 466 g/mol. The lowest BCUT2D eigenvalue weighted by atomic mass is 10.2. The predicted molar refractivity (Wildman–Crippen MR) is 131 cm³/mol. The summed E-state index contributed by atoms with van der Waals surface area (Å²) in [4.78, 5) is 17.8. The zero-order valence-corrected chi connectivity index (χ0v) is 20.5. The summed E-state index contributed by atoms with van der Waals surface area (Å²) >= 11 is 7.46. The summed E-state index contributed by atoms with van der Waals surface area (Å²) in [6.45, 7) is 9.00. The van der Waals surface area contributed by atoms with E-state index < -0.39 is 15.9 Å². The highest BCUT2D eigenvalue weighted by Crippen LogP contribution is 2.22. The quantitative estimate of drug-likeness (QED) is 0.391. The van der Waals surface area contributed by atoms with Gasteiger partial charge >= 0.3 is 0 Å². The van der Waals surface area contributed by atoms with Gasteiger partial charge in [0.15, 0.2) is 4.80 Å². The van der Waals surface area contributed by atoms with Gasteiger partial charge in [0.25, 0.3) is 5.91 Å². The van der Waals surface area contributed by atoms with E-state index in [0.29, 0.717) is 35.0 Å². The molecule has 0 fully saturated rings. The molecule has 170 valence electrons. The molecule has 0 N–H and O–H groups in total. The van der Waals surface area contributed by atoms with Gasteiger partial charge in [-0.15, -0.1) is 6.58 Å². The Morgan fingerprint density at radius 3 is 2.56 bits per heavy atom. The summed E-state index contributed by atoms with van der Waals surface area (Å²) < 4.78 is 30.0. The Bertz CT molecular complexity index is 1290. The molecule has 6 nitrogen and oxygen atoms in total. The van der Waals surface area contributed by atoms with Gasteiger partial charge in [-0.2, -0.15) is 9.30 Å². The normalized spacial score (nSPS) is 12.6. The van der Waals surface area contributed by atoms with Crippen molar-refractivity contribution < 1.29 is 13.2 Å². The minimum atomic E-state index is -3.59. The monoisotopic (exact) mass is 491 g/mol. The highest BCUT2D eigenvalue weighted by molar-refractivity contribution is 7.89. The third-order valence-electron chi connectivity index (χ3n) is 5.01. The van der Waals surface area contributed by atoms with Crippen LogP contribution in [0.4, 0.5) is 0 Å². The van der Waals surface area contributed by atoms with Crippen LogP contribution in [0.5, 0.6) is 0 Å². The lowest BCUT2D eigenvalue weighted by molar-refractivity contribution is 0.0997. The van der Waals surface area contributed by atoms with E-state index in [1.807, 2.05) is 30.5 Å². The molecule has 2 aromatic carbocycles. The number of sulfonamides is 1. The number of thiazole rings is 1. The Kier molecular flexibility index (Phi) is 8.05. The molecule has 1 amide bonds. The lowest BCUT2D eigenvalue weighted by Gasteiger charge is -2.20. The average molecular weight is 492 g/mol. The van der Waals surface area contributed by atoms with Gasteiger partial charge in [0, 0.05) is 30.2 Å². The first kappa shape index (κ1) is 24.4. The van der Waals surface area contributed by atoms with Crippen molar-refractivity contribution in [3.05, 3.63) is 70.5 Å². The van der Waals surface area contributed by atoms with Crippen molar-refractivity contribution >= 4 is 49.1 Å². The Balaban J connectivity index is 1.93. The van der Waals surface area contributed by atoms with Crippen molar-refractivity contribution in [3.63, 3.8) is 0 Å². The minimum absolute atomic E-state index is 0.172. The van der Waals surface area contributed by atoms with E-state index >= 15 is 0 Å². The summed E-state index contributed by atoms with van der Waals surface area (Å²) in [6.07, 6.45) is 3.45. The van der Waals surface area contributed by atoms with Gasteiger partial charge in [0.1, 0.15) is 0 Å². The van der Waals surface area contributed by atoms with Crippen LogP contribution in [0.3, 0.4) is 0 Å². The lowest BCUT2D eigenvalue weighted by Crippen LogP contribution is -2.31. The fraction of sp³-hybridized carbons (Fsp3) is 0.304. The van der Waals surface area contributed by atoms with Crippen molar-refractivity contribution in [3.8, 4) is 0 Å². The molecule has 3 aromatic rings. The molecular formula is C23H26ClN3O3S2. The maximum atomic E-state index is 12.9. The molecule has 0 saturated heterocycles. The Hall–Kier alpha value is -2.26. The van der Waals surface area contributed by atoms with Crippen LogP contribution in [0.1, 0.15) is 37.0 Å². The van der Waals surface area contributed by atoms with E-state index in [-0.39, 0.29) is 4.90 Å². The number of hydrogen-bond donors (Lipinski definition) is 0. The molecule has 32 heavy (non-hydrogen) atoms. The maximum absolute atomic E-state index is 12.9.